The van der Waals surface area contributed by atoms with E-state index < -0.39 is 5.60 Å². The number of hydrogen-bond acceptors (Lipinski definition) is 2. The van der Waals surface area contributed by atoms with Gasteiger partial charge in [-0.05, 0) is 41.8 Å². The van der Waals surface area contributed by atoms with Crippen molar-refractivity contribution in [2.24, 2.45) is 11.8 Å². The molecule has 0 aromatic heterocycles. The Labute approximate surface area is 172 Å². The molecule has 0 radical (unpaired) electrons. The van der Waals surface area contributed by atoms with E-state index in [1.807, 2.05) is 48.5 Å². The van der Waals surface area contributed by atoms with E-state index in [-0.39, 0.29) is 36.3 Å². The Morgan fingerprint density at radius 2 is 1.19 bits per heavy atom. The topological polar surface area (TPSA) is 32.3 Å². The van der Waals surface area contributed by atoms with Crippen molar-refractivity contribution < 1.29 is 5.11 Å². The Morgan fingerprint density at radius 3 is 1.50 bits per heavy atom. The molecular weight excluding hydrogens is 389 g/mol. The first-order valence-electron chi connectivity index (χ1n) is 8.86. The second-order valence-corrected chi connectivity index (χ2v) is 8.02. The summed E-state index contributed by atoms with van der Waals surface area (Å²) in [5.74, 6) is 0.162. The molecule has 0 bridgehead atoms. The maximum atomic E-state index is 11.5. The van der Waals surface area contributed by atoms with Gasteiger partial charge in [-0.25, -0.2) is 0 Å². The Morgan fingerprint density at radius 1 is 0.846 bits per heavy atom. The molecule has 1 saturated heterocycles. The van der Waals surface area contributed by atoms with Crippen LogP contribution in [0.4, 0.5) is 0 Å². The lowest BCUT2D eigenvalue weighted by molar-refractivity contribution is -0.113. The molecule has 2 aromatic rings. The van der Waals surface area contributed by atoms with E-state index in [0.717, 1.165) is 21.2 Å². The maximum absolute atomic E-state index is 11.5. The van der Waals surface area contributed by atoms with Gasteiger partial charge in [-0.15, -0.1) is 12.4 Å². The normalized spacial score (nSPS) is 31.3. The number of hydrogen-bond donors (Lipinski definition) is 2. The summed E-state index contributed by atoms with van der Waals surface area (Å²) in [6.07, 6.45) is 0.713. The summed E-state index contributed by atoms with van der Waals surface area (Å²) in [6, 6.07) is 15.9. The third-order valence-corrected chi connectivity index (χ3v) is 6.46. The molecule has 0 aliphatic carbocycles. The third kappa shape index (κ3) is 3.90. The van der Waals surface area contributed by atoms with Crippen LogP contribution in [0.5, 0.6) is 0 Å². The lowest BCUT2D eigenvalue weighted by Crippen LogP contribution is -2.57. The molecule has 4 unspecified atom stereocenters. The average Bonchev–Trinajstić information content (AvgIpc) is 2.62. The fraction of sp³-hybridized carbons (Fsp3) is 0.429. The van der Waals surface area contributed by atoms with Gasteiger partial charge >= 0.3 is 0 Å². The van der Waals surface area contributed by atoms with Crippen LogP contribution in [0.3, 0.4) is 0 Å². The van der Waals surface area contributed by atoms with Crippen molar-refractivity contribution in [1.82, 2.24) is 5.32 Å². The summed E-state index contributed by atoms with van der Waals surface area (Å²) in [6.45, 7) is 6.32. The van der Waals surface area contributed by atoms with Gasteiger partial charge in [0.25, 0.3) is 0 Å². The number of piperidine rings is 1. The van der Waals surface area contributed by atoms with Crippen LogP contribution in [-0.4, -0.2) is 10.7 Å². The molecule has 1 aliphatic rings. The third-order valence-electron chi connectivity index (χ3n) is 5.96. The van der Waals surface area contributed by atoms with Crippen molar-refractivity contribution >= 4 is 35.6 Å². The molecule has 1 fully saturated rings. The molecule has 2 N–H and O–H groups in total. The Balaban J connectivity index is 0.00000243. The van der Waals surface area contributed by atoms with Gasteiger partial charge in [0.1, 0.15) is 0 Å². The van der Waals surface area contributed by atoms with Crippen LogP contribution in [0.25, 0.3) is 0 Å². The number of benzene rings is 2. The molecule has 142 valence electrons. The van der Waals surface area contributed by atoms with Gasteiger partial charge in [0.2, 0.25) is 0 Å². The van der Waals surface area contributed by atoms with E-state index in [9.17, 15) is 5.11 Å². The Kier molecular flexibility index (Phi) is 7.04. The number of nitrogens with one attached hydrogen (secondary N) is 1. The molecule has 4 atom stereocenters. The molecule has 0 saturated carbocycles. The minimum absolute atomic E-state index is 0. The molecule has 3 rings (SSSR count). The number of aliphatic hydroxyl groups is 1. The standard InChI is InChI=1S/C21H25Cl2NO.ClH/c1-4-21(25)13(2)19(15-5-9-17(22)10-6-15)24-20(14(21)3)16-7-11-18(23)12-8-16;/h5-14,19-20,24-25H,4H2,1-3H3;1H. The number of halogens is 3. The van der Waals surface area contributed by atoms with Crippen molar-refractivity contribution in [3.05, 3.63) is 69.7 Å². The fourth-order valence-electron chi connectivity index (χ4n) is 4.23. The zero-order valence-electron chi connectivity index (χ0n) is 15.2. The van der Waals surface area contributed by atoms with Crippen LogP contribution in [0.1, 0.15) is 50.4 Å². The molecule has 1 heterocycles. The van der Waals surface area contributed by atoms with Crippen molar-refractivity contribution in [1.29, 1.82) is 0 Å². The van der Waals surface area contributed by atoms with Crippen LogP contribution in [0.2, 0.25) is 10.0 Å². The monoisotopic (exact) mass is 413 g/mol. The molecular formula is C21H26Cl3NO. The highest BCUT2D eigenvalue weighted by Gasteiger charge is 2.49. The summed E-state index contributed by atoms with van der Waals surface area (Å²) in [5, 5.41) is 16.7. The minimum atomic E-state index is -0.750. The zero-order valence-corrected chi connectivity index (χ0v) is 17.6. The highest BCUT2D eigenvalue weighted by molar-refractivity contribution is 6.30. The van der Waals surface area contributed by atoms with Crippen LogP contribution >= 0.6 is 35.6 Å². The summed E-state index contributed by atoms with van der Waals surface area (Å²) >= 11 is 12.1. The van der Waals surface area contributed by atoms with Crippen molar-refractivity contribution in [3.63, 3.8) is 0 Å². The molecule has 0 amide bonds. The lowest BCUT2D eigenvalue weighted by Gasteiger charge is -2.52. The van der Waals surface area contributed by atoms with E-state index in [1.54, 1.807) is 0 Å². The van der Waals surface area contributed by atoms with Gasteiger partial charge < -0.3 is 10.4 Å². The van der Waals surface area contributed by atoms with Gasteiger partial charge in [-0.3, -0.25) is 0 Å². The van der Waals surface area contributed by atoms with E-state index in [1.165, 1.54) is 0 Å². The highest BCUT2D eigenvalue weighted by Crippen LogP contribution is 2.48. The van der Waals surface area contributed by atoms with Crippen LogP contribution in [0.15, 0.2) is 48.5 Å². The predicted octanol–water partition coefficient (Wildman–Crippen LogP) is 6.21. The predicted molar refractivity (Wildman–Crippen MR) is 112 cm³/mol. The number of rotatable bonds is 3. The maximum Gasteiger partial charge on any atom is 0.0732 e. The average molecular weight is 415 g/mol. The summed E-state index contributed by atoms with van der Waals surface area (Å²) in [5.41, 5.74) is 1.55. The first-order chi connectivity index (χ1) is 11.9. The lowest BCUT2D eigenvalue weighted by atomic mass is 9.65. The van der Waals surface area contributed by atoms with Gasteiger partial charge in [0.15, 0.2) is 0 Å². The molecule has 2 nitrogen and oxygen atoms in total. The van der Waals surface area contributed by atoms with E-state index in [0.29, 0.717) is 6.42 Å². The van der Waals surface area contributed by atoms with Crippen LogP contribution in [-0.2, 0) is 0 Å². The van der Waals surface area contributed by atoms with Gasteiger partial charge in [0.05, 0.1) is 5.60 Å². The zero-order chi connectivity index (χ0) is 18.2. The van der Waals surface area contributed by atoms with E-state index >= 15 is 0 Å². The van der Waals surface area contributed by atoms with Gasteiger partial charge in [-0.1, -0.05) is 68.2 Å². The van der Waals surface area contributed by atoms with E-state index in [2.05, 4.69) is 26.1 Å². The molecule has 1 aliphatic heterocycles. The molecule has 0 spiro atoms. The first-order valence-corrected chi connectivity index (χ1v) is 9.61. The minimum Gasteiger partial charge on any atom is -0.389 e. The van der Waals surface area contributed by atoms with Gasteiger partial charge in [-0.2, -0.15) is 0 Å². The molecule has 26 heavy (non-hydrogen) atoms. The summed E-state index contributed by atoms with van der Waals surface area (Å²) in [4.78, 5) is 0. The summed E-state index contributed by atoms with van der Waals surface area (Å²) in [7, 11) is 0. The molecule has 2 aromatic carbocycles. The quantitative estimate of drug-likeness (QED) is 0.625. The highest BCUT2D eigenvalue weighted by atomic mass is 35.5. The Bertz CT molecular complexity index is 660. The second kappa shape index (κ2) is 8.50. The van der Waals surface area contributed by atoms with E-state index in [4.69, 9.17) is 23.2 Å². The Hall–Kier alpha value is -0.770. The molecule has 5 heteroatoms. The van der Waals surface area contributed by atoms with Gasteiger partial charge in [0, 0.05) is 34.0 Å². The smallest absolute Gasteiger partial charge is 0.0732 e. The second-order valence-electron chi connectivity index (χ2n) is 7.15. The van der Waals surface area contributed by atoms with Crippen molar-refractivity contribution in [2.75, 3.05) is 0 Å². The van der Waals surface area contributed by atoms with Crippen LogP contribution in [0, 0.1) is 11.8 Å². The van der Waals surface area contributed by atoms with Crippen molar-refractivity contribution in [2.45, 2.75) is 44.9 Å². The van der Waals surface area contributed by atoms with Crippen molar-refractivity contribution in [3.8, 4) is 0 Å². The SMILES string of the molecule is CCC1(O)C(C)C(c2ccc(Cl)cc2)NC(c2ccc(Cl)cc2)C1C.Cl. The first kappa shape index (κ1) is 21.5. The summed E-state index contributed by atoms with van der Waals surface area (Å²) < 4.78 is 0. The largest absolute Gasteiger partial charge is 0.389 e. The fourth-order valence-corrected chi connectivity index (χ4v) is 4.48. The van der Waals surface area contributed by atoms with Crippen LogP contribution < -0.4 is 5.32 Å².